The van der Waals surface area contributed by atoms with Gasteiger partial charge in [0.05, 0.1) is 10.0 Å². The molecular formula is C19H20Cl2N2O2. The van der Waals surface area contributed by atoms with Crippen LogP contribution in [0.2, 0.25) is 10.0 Å². The van der Waals surface area contributed by atoms with E-state index in [2.05, 4.69) is 5.32 Å². The number of para-hydroxylation sites is 1. The number of nitrogens with zero attached hydrogens (tertiary/aromatic N) is 1. The summed E-state index contributed by atoms with van der Waals surface area (Å²) >= 11 is 11.9. The fourth-order valence-corrected chi connectivity index (χ4v) is 2.79. The summed E-state index contributed by atoms with van der Waals surface area (Å²) in [6, 6.07) is 12.6. The maximum atomic E-state index is 12.3. The van der Waals surface area contributed by atoms with Crippen LogP contribution in [0.1, 0.15) is 25.8 Å². The zero-order chi connectivity index (χ0) is 18.4. The van der Waals surface area contributed by atoms with Gasteiger partial charge in [-0.2, -0.15) is 0 Å². The minimum Gasteiger partial charge on any atom is -0.326 e. The lowest BCUT2D eigenvalue weighted by Gasteiger charge is -2.21. The van der Waals surface area contributed by atoms with Crippen molar-refractivity contribution in [2.24, 2.45) is 0 Å². The highest BCUT2D eigenvalue weighted by Crippen LogP contribution is 2.27. The van der Waals surface area contributed by atoms with E-state index >= 15 is 0 Å². The first kappa shape index (κ1) is 19.3. The molecule has 0 fully saturated rings. The second-order valence-corrected chi connectivity index (χ2v) is 6.39. The third-order valence-corrected chi connectivity index (χ3v) is 4.57. The number of anilines is 2. The van der Waals surface area contributed by atoms with E-state index < -0.39 is 0 Å². The van der Waals surface area contributed by atoms with E-state index in [0.717, 1.165) is 17.7 Å². The molecule has 4 nitrogen and oxygen atoms in total. The molecule has 0 spiro atoms. The quantitative estimate of drug-likeness (QED) is 0.773. The molecule has 0 aliphatic rings. The summed E-state index contributed by atoms with van der Waals surface area (Å²) in [6.07, 6.45) is 1.01. The van der Waals surface area contributed by atoms with Crippen LogP contribution in [0, 0.1) is 0 Å². The molecule has 0 aromatic heterocycles. The third kappa shape index (κ3) is 5.21. The monoisotopic (exact) mass is 378 g/mol. The molecule has 0 aliphatic heterocycles. The molecule has 132 valence electrons. The number of amides is 2. The van der Waals surface area contributed by atoms with Gasteiger partial charge in [0.1, 0.15) is 0 Å². The normalized spacial score (nSPS) is 10.4. The van der Waals surface area contributed by atoms with Crippen molar-refractivity contribution in [2.75, 3.05) is 16.8 Å². The molecule has 2 aromatic carbocycles. The molecular weight excluding hydrogens is 359 g/mol. The van der Waals surface area contributed by atoms with E-state index in [9.17, 15) is 9.59 Å². The van der Waals surface area contributed by atoms with Crippen LogP contribution in [0.3, 0.4) is 0 Å². The highest BCUT2D eigenvalue weighted by molar-refractivity contribution is 6.42. The summed E-state index contributed by atoms with van der Waals surface area (Å²) in [5.41, 5.74) is 2.49. The zero-order valence-corrected chi connectivity index (χ0v) is 15.7. The van der Waals surface area contributed by atoms with Gasteiger partial charge in [0.2, 0.25) is 11.8 Å². The van der Waals surface area contributed by atoms with E-state index in [0.29, 0.717) is 15.7 Å². The highest BCUT2D eigenvalue weighted by Gasteiger charge is 2.15. The molecule has 2 amide bonds. The van der Waals surface area contributed by atoms with Crippen molar-refractivity contribution < 1.29 is 9.59 Å². The summed E-state index contributed by atoms with van der Waals surface area (Å²) < 4.78 is 0. The molecule has 0 bridgehead atoms. The summed E-state index contributed by atoms with van der Waals surface area (Å²) in [7, 11) is 0. The van der Waals surface area contributed by atoms with E-state index in [1.807, 2.05) is 31.2 Å². The lowest BCUT2D eigenvalue weighted by molar-refractivity contribution is -0.117. The average molecular weight is 379 g/mol. The SMILES string of the molecule is CCc1ccccc1NC(=O)CCN(C(C)=O)c1ccc(Cl)c(Cl)c1. The number of carbonyl (C=O) groups is 2. The number of aryl methyl sites for hydroxylation is 1. The lowest BCUT2D eigenvalue weighted by Crippen LogP contribution is -2.32. The van der Waals surface area contributed by atoms with Crippen molar-refractivity contribution in [3.63, 3.8) is 0 Å². The molecule has 0 unspecified atom stereocenters. The minimum atomic E-state index is -0.167. The third-order valence-electron chi connectivity index (χ3n) is 3.83. The Morgan fingerprint density at radius 1 is 1.08 bits per heavy atom. The van der Waals surface area contributed by atoms with Crippen LogP contribution in [0.15, 0.2) is 42.5 Å². The fourth-order valence-electron chi connectivity index (χ4n) is 2.50. The first-order valence-corrected chi connectivity index (χ1v) is 8.79. The van der Waals surface area contributed by atoms with Crippen molar-refractivity contribution in [2.45, 2.75) is 26.7 Å². The predicted molar refractivity (Wildman–Crippen MR) is 104 cm³/mol. The van der Waals surface area contributed by atoms with Crippen molar-refractivity contribution in [1.29, 1.82) is 0 Å². The van der Waals surface area contributed by atoms with E-state index in [1.54, 1.807) is 18.2 Å². The Bertz CT molecular complexity index is 778. The second-order valence-electron chi connectivity index (χ2n) is 5.58. The Morgan fingerprint density at radius 3 is 2.44 bits per heavy atom. The number of carbonyl (C=O) groups excluding carboxylic acids is 2. The number of rotatable bonds is 6. The summed E-state index contributed by atoms with van der Waals surface area (Å²) in [5, 5.41) is 3.69. The Kier molecular flexibility index (Phi) is 6.85. The van der Waals surface area contributed by atoms with Crippen molar-refractivity contribution in [3.8, 4) is 0 Å². The van der Waals surface area contributed by atoms with Gasteiger partial charge < -0.3 is 10.2 Å². The van der Waals surface area contributed by atoms with Crippen molar-refractivity contribution in [1.82, 2.24) is 0 Å². The molecule has 0 radical (unpaired) electrons. The van der Waals surface area contributed by atoms with Crippen LogP contribution in [0.5, 0.6) is 0 Å². The average Bonchev–Trinajstić information content (AvgIpc) is 2.58. The van der Waals surface area contributed by atoms with Gasteiger partial charge in [-0.25, -0.2) is 0 Å². The van der Waals surface area contributed by atoms with Crippen LogP contribution in [0.25, 0.3) is 0 Å². The molecule has 0 saturated carbocycles. The van der Waals surface area contributed by atoms with Gasteiger partial charge >= 0.3 is 0 Å². The smallest absolute Gasteiger partial charge is 0.226 e. The molecule has 6 heteroatoms. The van der Waals surface area contributed by atoms with Gasteiger partial charge in [0, 0.05) is 31.3 Å². The highest BCUT2D eigenvalue weighted by atomic mass is 35.5. The van der Waals surface area contributed by atoms with E-state index in [4.69, 9.17) is 23.2 Å². The van der Waals surface area contributed by atoms with Crippen LogP contribution < -0.4 is 10.2 Å². The molecule has 0 heterocycles. The van der Waals surface area contributed by atoms with E-state index in [1.165, 1.54) is 11.8 Å². The van der Waals surface area contributed by atoms with E-state index in [-0.39, 0.29) is 24.8 Å². The topological polar surface area (TPSA) is 49.4 Å². The Hall–Kier alpha value is -2.04. The lowest BCUT2D eigenvalue weighted by atomic mass is 10.1. The Labute approximate surface area is 157 Å². The van der Waals surface area contributed by atoms with Crippen molar-refractivity contribution >= 4 is 46.4 Å². The molecule has 0 saturated heterocycles. The van der Waals surface area contributed by atoms with Gasteiger partial charge in [0.15, 0.2) is 0 Å². The van der Waals surface area contributed by atoms with Crippen LogP contribution in [-0.4, -0.2) is 18.4 Å². The number of nitrogens with one attached hydrogen (secondary N) is 1. The molecule has 0 aliphatic carbocycles. The number of halogens is 2. The molecule has 1 N–H and O–H groups in total. The summed E-state index contributed by atoms with van der Waals surface area (Å²) in [4.78, 5) is 25.7. The maximum Gasteiger partial charge on any atom is 0.226 e. The number of hydrogen-bond acceptors (Lipinski definition) is 2. The van der Waals surface area contributed by atoms with Crippen LogP contribution in [0.4, 0.5) is 11.4 Å². The van der Waals surface area contributed by atoms with Gasteiger partial charge in [0.25, 0.3) is 0 Å². The molecule has 0 atom stereocenters. The van der Waals surface area contributed by atoms with Crippen LogP contribution in [-0.2, 0) is 16.0 Å². The summed E-state index contributed by atoms with van der Waals surface area (Å²) in [5.74, 6) is -0.313. The van der Waals surface area contributed by atoms with Gasteiger partial charge in [-0.15, -0.1) is 0 Å². The largest absolute Gasteiger partial charge is 0.326 e. The van der Waals surface area contributed by atoms with Crippen LogP contribution >= 0.6 is 23.2 Å². The molecule has 2 rings (SSSR count). The number of hydrogen-bond donors (Lipinski definition) is 1. The Morgan fingerprint density at radius 2 is 1.80 bits per heavy atom. The molecule has 25 heavy (non-hydrogen) atoms. The first-order valence-electron chi connectivity index (χ1n) is 8.03. The Balaban J connectivity index is 2.04. The van der Waals surface area contributed by atoms with Gasteiger partial charge in [-0.3, -0.25) is 9.59 Å². The molecule has 2 aromatic rings. The van der Waals surface area contributed by atoms with Crippen molar-refractivity contribution in [3.05, 3.63) is 58.1 Å². The summed E-state index contributed by atoms with van der Waals surface area (Å²) in [6.45, 7) is 3.74. The van der Waals surface area contributed by atoms with Gasteiger partial charge in [-0.05, 0) is 36.2 Å². The maximum absolute atomic E-state index is 12.3. The standard InChI is InChI=1S/C19H20Cl2N2O2/c1-3-14-6-4-5-7-18(14)22-19(25)10-11-23(13(2)24)15-8-9-16(20)17(21)12-15/h4-9,12H,3,10-11H2,1-2H3,(H,22,25). The second kappa shape index (κ2) is 8.88. The van der Waals surface area contributed by atoms with Gasteiger partial charge in [-0.1, -0.05) is 48.3 Å². The first-order chi connectivity index (χ1) is 11.9. The minimum absolute atomic E-state index is 0.146. The predicted octanol–water partition coefficient (Wildman–Crippen LogP) is 4.94. The number of benzene rings is 2. The zero-order valence-electron chi connectivity index (χ0n) is 14.2. The fraction of sp³-hybridized carbons (Fsp3) is 0.263.